The maximum Gasteiger partial charge on any atom is 0.324 e. The predicted octanol–water partition coefficient (Wildman–Crippen LogP) is 3.95. The number of nitrogens with one attached hydrogen (secondary N) is 2. The fourth-order valence-corrected chi connectivity index (χ4v) is 5.71. The first-order valence-corrected chi connectivity index (χ1v) is 14.6. The lowest BCUT2D eigenvalue weighted by Gasteiger charge is -2.37. The maximum atomic E-state index is 13.4. The number of esters is 1. The van der Waals surface area contributed by atoms with Crippen molar-refractivity contribution in [1.29, 1.82) is 0 Å². The lowest BCUT2D eigenvalue weighted by atomic mass is 9.77. The minimum atomic E-state index is -0.697. The summed E-state index contributed by atoms with van der Waals surface area (Å²) in [7, 11) is 1.83. The number of rotatable bonds is 13. The van der Waals surface area contributed by atoms with Gasteiger partial charge in [-0.3, -0.25) is 4.79 Å². The number of hydrazine groups is 1. The fraction of sp³-hybridized carbons (Fsp3) is 0.324. The molecule has 0 saturated carbocycles. The summed E-state index contributed by atoms with van der Waals surface area (Å²) in [6.07, 6.45) is 6.75. The summed E-state index contributed by atoms with van der Waals surface area (Å²) in [4.78, 5) is 29.9. The molecule has 8 nitrogen and oxygen atoms in total. The second-order valence-corrected chi connectivity index (χ2v) is 10.8. The van der Waals surface area contributed by atoms with Crippen LogP contribution >= 0.6 is 0 Å². The Morgan fingerprint density at radius 2 is 1.57 bits per heavy atom. The molecule has 2 N–H and O–H groups in total. The Bertz CT molecular complexity index is 1330. The zero-order valence-corrected chi connectivity index (χ0v) is 24.2. The van der Waals surface area contributed by atoms with E-state index in [-0.39, 0.29) is 24.7 Å². The van der Waals surface area contributed by atoms with Crippen molar-refractivity contribution in [3.8, 4) is 0 Å². The van der Waals surface area contributed by atoms with Gasteiger partial charge in [0.2, 0.25) is 0 Å². The molecule has 3 aromatic carbocycles. The molecule has 1 fully saturated rings. The van der Waals surface area contributed by atoms with Gasteiger partial charge in [0, 0.05) is 25.2 Å². The molecule has 0 unspecified atom stereocenters. The van der Waals surface area contributed by atoms with Crippen LogP contribution in [0.3, 0.4) is 0 Å². The van der Waals surface area contributed by atoms with E-state index in [0.29, 0.717) is 13.0 Å². The van der Waals surface area contributed by atoms with Gasteiger partial charge in [0.15, 0.2) is 0 Å². The second-order valence-electron chi connectivity index (χ2n) is 10.8. The van der Waals surface area contributed by atoms with Crippen LogP contribution in [-0.4, -0.2) is 65.1 Å². The van der Waals surface area contributed by atoms with E-state index in [1.165, 1.54) is 0 Å². The van der Waals surface area contributed by atoms with Gasteiger partial charge in [0.1, 0.15) is 24.5 Å². The number of aromatic nitrogens is 2. The topological polar surface area (TPSA) is 88.5 Å². The third-order valence-electron chi connectivity index (χ3n) is 8.04. The Balaban J connectivity index is 1.54. The number of aldehydes is 1. The van der Waals surface area contributed by atoms with Crippen LogP contribution in [0.4, 0.5) is 0 Å². The van der Waals surface area contributed by atoms with Crippen molar-refractivity contribution in [2.75, 3.05) is 20.2 Å². The molecule has 8 heteroatoms. The number of carbonyl (C=O) groups is 2. The molecule has 0 bridgehead atoms. The Morgan fingerprint density at radius 1 is 1.00 bits per heavy atom. The van der Waals surface area contributed by atoms with E-state index in [1.54, 1.807) is 0 Å². The van der Waals surface area contributed by atoms with E-state index >= 15 is 0 Å². The SMILES string of the molecule is CN[C@@H](C)COC(=O)[C@H](Cc1cn(C(c2ccccc2)(c2ccccc2)c2ccccc2)cn1)NN1CCC[C@H]1C=O. The van der Waals surface area contributed by atoms with E-state index in [0.717, 1.165) is 41.5 Å². The minimum absolute atomic E-state index is 0.0200. The standard InChI is InChI=1S/C34H39N5O3/c1-26(35-2)24-42-33(41)32(37-39-20-12-19-31(39)23-40)21-30-22-38(25-36-30)34(27-13-6-3-7-14-27,28-15-8-4-9-16-28)29-17-10-5-11-18-29/h3-11,13-18,22-23,25-26,31-32,35,37H,12,19-21,24H2,1-2H3/t26-,31-,32-/m0/s1. The molecule has 0 spiro atoms. The van der Waals surface area contributed by atoms with Gasteiger partial charge in [-0.1, -0.05) is 91.0 Å². The van der Waals surface area contributed by atoms with Crippen molar-refractivity contribution < 1.29 is 14.3 Å². The molecule has 42 heavy (non-hydrogen) atoms. The normalized spacial score (nSPS) is 17.0. The van der Waals surface area contributed by atoms with Crippen molar-refractivity contribution in [2.24, 2.45) is 0 Å². The highest BCUT2D eigenvalue weighted by Crippen LogP contribution is 2.40. The van der Waals surface area contributed by atoms with Gasteiger partial charge in [-0.15, -0.1) is 0 Å². The molecule has 2 heterocycles. The first-order chi connectivity index (χ1) is 20.6. The monoisotopic (exact) mass is 565 g/mol. The van der Waals surface area contributed by atoms with E-state index < -0.39 is 11.6 Å². The Hall–Kier alpha value is -4.11. The van der Waals surface area contributed by atoms with Crippen LogP contribution in [0.25, 0.3) is 0 Å². The van der Waals surface area contributed by atoms with Gasteiger partial charge in [-0.2, -0.15) is 0 Å². The highest BCUT2D eigenvalue weighted by Gasteiger charge is 2.39. The number of imidazole rings is 1. The van der Waals surface area contributed by atoms with E-state index in [2.05, 4.69) is 88.1 Å². The molecular formula is C34H39N5O3. The quantitative estimate of drug-likeness (QED) is 0.144. The Labute approximate surface area is 247 Å². The van der Waals surface area contributed by atoms with Gasteiger partial charge >= 0.3 is 5.97 Å². The Kier molecular flexibility index (Phi) is 9.59. The van der Waals surface area contributed by atoms with Crippen LogP contribution < -0.4 is 10.7 Å². The fourth-order valence-electron chi connectivity index (χ4n) is 5.71. The van der Waals surface area contributed by atoms with Crippen LogP contribution in [0.15, 0.2) is 104 Å². The average Bonchev–Trinajstić information content (AvgIpc) is 3.71. The van der Waals surface area contributed by atoms with Crippen LogP contribution in [0.1, 0.15) is 42.1 Å². The molecular weight excluding hydrogens is 526 g/mol. The molecule has 5 rings (SSSR count). The minimum Gasteiger partial charge on any atom is -0.463 e. The zero-order valence-electron chi connectivity index (χ0n) is 24.2. The zero-order chi connectivity index (χ0) is 29.4. The summed E-state index contributed by atoms with van der Waals surface area (Å²) >= 11 is 0. The predicted molar refractivity (Wildman–Crippen MR) is 163 cm³/mol. The van der Waals surface area contributed by atoms with E-state index in [1.807, 2.05) is 49.7 Å². The summed E-state index contributed by atoms with van der Waals surface area (Å²) < 4.78 is 7.81. The number of carbonyl (C=O) groups excluding carboxylic acids is 2. The number of hydrogen-bond acceptors (Lipinski definition) is 7. The smallest absolute Gasteiger partial charge is 0.324 e. The van der Waals surface area contributed by atoms with Crippen molar-refractivity contribution in [2.45, 2.75) is 49.9 Å². The first kappa shape index (κ1) is 29.4. The molecule has 1 aliphatic heterocycles. The number of hydrogen-bond donors (Lipinski definition) is 2. The highest BCUT2D eigenvalue weighted by molar-refractivity contribution is 5.76. The number of ether oxygens (including phenoxy) is 1. The van der Waals surface area contributed by atoms with Crippen molar-refractivity contribution in [3.05, 3.63) is 126 Å². The van der Waals surface area contributed by atoms with Gasteiger partial charge in [-0.25, -0.2) is 15.4 Å². The van der Waals surface area contributed by atoms with Crippen molar-refractivity contribution in [3.63, 3.8) is 0 Å². The van der Waals surface area contributed by atoms with Gasteiger partial charge in [0.05, 0.1) is 18.1 Å². The number of likely N-dealkylation sites (N-methyl/N-ethyl adjacent to an activating group) is 1. The van der Waals surface area contributed by atoms with Crippen LogP contribution in [0.2, 0.25) is 0 Å². The summed E-state index contributed by atoms with van der Waals surface area (Å²) in [5.41, 5.74) is 6.62. The molecule has 1 saturated heterocycles. The summed E-state index contributed by atoms with van der Waals surface area (Å²) in [5, 5.41) is 4.96. The van der Waals surface area contributed by atoms with Crippen molar-refractivity contribution in [1.82, 2.24) is 25.3 Å². The third-order valence-corrected chi connectivity index (χ3v) is 8.04. The summed E-state index contributed by atoms with van der Waals surface area (Å²) in [6.45, 7) is 2.89. The molecule has 1 aliphatic rings. The number of benzene rings is 3. The third kappa shape index (κ3) is 6.21. The number of nitrogens with zero attached hydrogens (tertiary/aromatic N) is 3. The lowest BCUT2D eigenvalue weighted by Crippen LogP contribution is -2.52. The van der Waals surface area contributed by atoms with Crippen LogP contribution in [0, 0.1) is 0 Å². The first-order valence-electron chi connectivity index (χ1n) is 14.6. The van der Waals surface area contributed by atoms with Crippen LogP contribution in [0.5, 0.6) is 0 Å². The summed E-state index contributed by atoms with van der Waals surface area (Å²) in [5.74, 6) is -0.372. The molecule has 218 valence electrons. The molecule has 0 amide bonds. The maximum absolute atomic E-state index is 13.4. The van der Waals surface area contributed by atoms with E-state index in [4.69, 9.17) is 9.72 Å². The molecule has 0 aliphatic carbocycles. The average molecular weight is 566 g/mol. The molecule has 1 aromatic heterocycles. The van der Waals surface area contributed by atoms with Gasteiger partial charge in [0.25, 0.3) is 0 Å². The molecule has 4 aromatic rings. The largest absolute Gasteiger partial charge is 0.463 e. The van der Waals surface area contributed by atoms with Gasteiger partial charge < -0.3 is 19.4 Å². The second kappa shape index (κ2) is 13.7. The van der Waals surface area contributed by atoms with Crippen LogP contribution in [-0.2, 0) is 26.3 Å². The van der Waals surface area contributed by atoms with Gasteiger partial charge in [-0.05, 0) is 43.5 Å². The highest BCUT2D eigenvalue weighted by atomic mass is 16.5. The molecule has 0 radical (unpaired) electrons. The lowest BCUT2D eigenvalue weighted by molar-refractivity contribution is -0.149. The van der Waals surface area contributed by atoms with E-state index in [9.17, 15) is 9.59 Å². The Morgan fingerprint density at radius 3 is 2.10 bits per heavy atom. The molecule has 3 atom stereocenters. The summed E-state index contributed by atoms with van der Waals surface area (Å²) in [6, 6.07) is 30.2. The van der Waals surface area contributed by atoms with Crippen molar-refractivity contribution >= 4 is 12.3 Å².